The second-order valence-corrected chi connectivity index (χ2v) is 5.67. The van der Waals surface area contributed by atoms with Gasteiger partial charge >= 0.3 is 0 Å². The predicted octanol–water partition coefficient (Wildman–Crippen LogP) is 1.65. The molecular weight excluding hydrogens is 210 g/mol. The Morgan fingerprint density at radius 1 is 1.18 bits per heavy atom. The van der Waals surface area contributed by atoms with Gasteiger partial charge in [0.1, 0.15) is 0 Å². The monoisotopic (exact) mass is 241 g/mol. The lowest BCUT2D eigenvalue weighted by atomic mass is 9.99. The minimum absolute atomic E-state index is 0.884. The van der Waals surface area contributed by atoms with E-state index in [1.165, 1.54) is 65.0 Å². The van der Waals surface area contributed by atoms with E-state index in [1.807, 2.05) is 0 Å². The molecule has 3 nitrogen and oxygen atoms in total. The zero-order chi connectivity index (χ0) is 12.5. The van der Waals surface area contributed by atoms with Crippen LogP contribution in [0.15, 0.2) is 0 Å². The molecule has 0 saturated carbocycles. The summed E-state index contributed by atoms with van der Waals surface area (Å²) in [6.45, 7) is 9.79. The number of piperidine rings is 1. The maximum Gasteiger partial charge on any atom is 0.00218 e. The van der Waals surface area contributed by atoms with Crippen molar-refractivity contribution < 1.29 is 0 Å². The van der Waals surface area contributed by atoms with Crippen molar-refractivity contribution in [2.24, 2.45) is 5.92 Å². The highest BCUT2D eigenvalue weighted by Crippen LogP contribution is 2.12. The van der Waals surface area contributed by atoms with Crippen LogP contribution in [0, 0.1) is 5.92 Å². The molecule has 1 N–H and O–H groups in total. The Labute approximate surface area is 108 Å². The molecule has 1 aliphatic rings. The van der Waals surface area contributed by atoms with Crippen LogP contribution in [0.2, 0.25) is 0 Å². The lowest BCUT2D eigenvalue weighted by Gasteiger charge is -2.30. The Kier molecular flexibility index (Phi) is 7.82. The van der Waals surface area contributed by atoms with Gasteiger partial charge in [-0.1, -0.05) is 6.92 Å². The largest absolute Gasteiger partial charge is 0.316 e. The molecule has 0 aromatic heterocycles. The third-order valence-corrected chi connectivity index (χ3v) is 3.53. The van der Waals surface area contributed by atoms with Gasteiger partial charge < -0.3 is 15.1 Å². The van der Waals surface area contributed by atoms with Crippen LogP contribution in [0.3, 0.4) is 0 Å². The number of nitrogens with one attached hydrogen (secondary N) is 1. The van der Waals surface area contributed by atoms with E-state index in [1.54, 1.807) is 0 Å². The van der Waals surface area contributed by atoms with E-state index in [0.29, 0.717) is 0 Å². The first kappa shape index (κ1) is 14.9. The molecule has 1 heterocycles. The Morgan fingerprint density at radius 3 is 2.59 bits per heavy atom. The molecule has 17 heavy (non-hydrogen) atoms. The van der Waals surface area contributed by atoms with Crippen molar-refractivity contribution in [2.75, 3.05) is 53.4 Å². The highest BCUT2D eigenvalue weighted by Gasteiger charge is 2.16. The Morgan fingerprint density at radius 2 is 2.00 bits per heavy atom. The molecule has 1 unspecified atom stereocenters. The fourth-order valence-electron chi connectivity index (χ4n) is 2.67. The fourth-order valence-corrected chi connectivity index (χ4v) is 2.67. The van der Waals surface area contributed by atoms with Crippen molar-refractivity contribution >= 4 is 0 Å². The summed E-state index contributed by atoms with van der Waals surface area (Å²) < 4.78 is 0. The first-order valence-corrected chi connectivity index (χ1v) is 7.30. The summed E-state index contributed by atoms with van der Waals surface area (Å²) in [4.78, 5) is 4.95. The highest BCUT2D eigenvalue weighted by atomic mass is 15.1. The molecular formula is C14H31N3. The summed E-state index contributed by atoms with van der Waals surface area (Å²) in [5, 5.41) is 3.52. The maximum atomic E-state index is 3.52. The van der Waals surface area contributed by atoms with Crippen LogP contribution in [0.4, 0.5) is 0 Å². The average Bonchev–Trinajstić information content (AvgIpc) is 2.30. The number of rotatable bonds is 8. The van der Waals surface area contributed by atoms with Crippen LogP contribution in [0.5, 0.6) is 0 Å². The van der Waals surface area contributed by atoms with Gasteiger partial charge in [0.2, 0.25) is 0 Å². The molecule has 1 atom stereocenters. The molecule has 0 amide bonds. The van der Waals surface area contributed by atoms with E-state index in [2.05, 4.69) is 36.1 Å². The summed E-state index contributed by atoms with van der Waals surface area (Å²) in [6, 6.07) is 0. The van der Waals surface area contributed by atoms with Gasteiger partial charge in [0.05, 0.1) is 0 Å². The third kappa shape index (κ3) is 7.02. The van der Waals surface area contributed by atoms with E-state index in [4.69, 9.17) is 0 Å². The summed E-state index contributed by atoms with van der Waals surface area (Å²) in [5.41, 5.74) is 0. The first-order chi connectivity index (χ1) is 8.22. The normalized spacial score (nSPS) is 21.4. The second-order valence-electron chi connectivity index (χ2n) is 5.67. The van der Waals surface area contributed by atoms with E-state index < -0.39 is 0 Å². The topological polar surface area (TPSA) is 18.5 Å². The van der Waals surface area contributed by atoms with E-state index in [-0.39, 0.29) is 0 Å². The SMILES string of the molecule is CCCN(CCCN(C)C)CC1CCCNC1. The predicted molar refractivity (Wildman–Crippen MR) is 75.5 cm³/mol. The molecule has 1 fully saturated rings. The van der Waals surface area contributed by atoms with E-state index in [9.17, 15) is 0 Å². The average molecular weight is 241 g/mol. The van der Waals surface area contributed by atoms with E-state index in [0.717, 1.165) is 5.92 Å². The third-order valence-electron chi connectivity index (χ3n) is 3.53. The molecule has 1 saturated heterocycles. The molecule has 1 aliphatic heterocycles. The fraction of sp³-hybridized carbons (Fsp3) is 1.00. The molecule has 0 aromatic carbocycles. The van der Waals surface area contributed by atoms with Crippen molar-refractivity contribution in [3.05, 3.63) is 0 Å². The number of hydrogen-bond acceptors (Lipinski definition) is 3. The van der Waals surface area contributed by atoms with Gasteiger partial charge in [0.25, 0.3) is 0 Å². The van der Waals surface area contributed by atoms with Crippen molar-refractivity contribution in [2.45, 2.75) is 32.6 Å². The van der Waals surface area contributed by atoms with Gasteiger partial charge in [-0.2, -0.15) is 0 Å². The van der Waals surface area contributed by atoms with Crippen molar-refractivity contribution in [1.29, 1.82) is 0 Å². The highest BCUT2D eigenvalue weighted by molar-refractivity contribution is 4.73. The number of nitrogens with zero attached hydrogens (tertiary/aromatic N) is 2. The lowest BCUT2D eigenvalue weighted by molar-refractivity contribution is 0.200. The summed E-state index contributed by atoms with van der Waals surface area (Å²) in [6.07, 6.45) is 5.36. The molecule has 0 spiro atoms. The summed E-state index contributed by atoms with van der Waals surface area (Å²) in [5.74, 6) is 0.884. The Hall–Kier alpha value is -0.120. The zero-order valence-electron chi connectivity index (χ0n) is 12.0. The summed E-state index contributed by atoms with van der Waals surface area (Å²) in [7, 11) is 4.32. The first-order valence-electron chi connectivity index (χ1n) is 7.30. The summed E-state index contributed by atoms with van der Waals surface area (Å²) >= 11 is 0. The van der Waals surface area contributed by atoms with Crippen LogP contribution in [0.1, 0.15) is 32.6 Å². The molecule has 0 radical (unpaired) electrons. The maximum absolute atomic E-state index is 3.52. The van der Waals surface area contributed by atoms with Gasteiger partial charge in [-0.3, -0.25) is 0 Å². The van der Waals surface area contributed by atoms with Crippen LogP contribution >= 0.6 is 0 Å². The van der Waals surface area contributed by atoms with Crippen LogP contribution in [-0.2, 0) is 0 Å². The van der Waals surface area contributed by atoms with Gasteiger partial charge in [-0.05, 0) is 78.4 Å². The van der Waals surface area contributed by atoms with Gasteiger partial charge in [0.15, 0.2) is 0 Å². The van der Waals surface area contributed by atoms with Crippen molar-refractivity contribution in [1.82, 2.24) is 15.1 Å². The molecule has 0 bridgehead atoms. The lowest BCUT2D eigenvalue weighted by Crippen LogP contribution is -2.39. The molecule has 0 aliphatic carbocycles. The standard InChI is InChI=1S/C14H31N3/c1-4-9-17(11-6-10-16(2)3)13-14-7-5-8-15-12-14/h14-15H,4-13H2,1-3H3. The van der Waals surface area contributed by atoms with Crippen molar-refractivity contribution in [3.63, 3.8) is 0 Å². The minimum Gasteiger partial charge on any atom is -0.316 e. The van der Waals surface area contributed by atoms with Gasteiger partial charge in [-0.25, -0.2) is 0 Å². The quantitative estimate of drug-likeness (QED) is 0.697. The van der Waals surface area contributed by atoms with Gasteiger partial charge in [0, 0.05) is 6.54 Å². The Balaban J connectivity index is 2.21. The number of hydrogen-bond donors (Lipinski definition) is 1. The zero-order valence-corrected chi connectivity index (χ0v) is 12.0. The van der Waals surface area contributed by atoms with Gasteiger partial charge in [-0.15, -0.1) is 0 Å². The van der Waals surface area contributed by atoms with Crippen LogP contribution in [-0.4, -0.2) is 63.2 Å². The molecule has 0 aromatic rings. The smallest absolute Gasteiger partial charge is 0.00218 e. The Bertz CT molecular complexity index is 176. The van der Waals surface area contributed by atoms with Crippen LogP contribution < -0.4 is 5.32 Å². The molecule has 1 rings (SSSR count). The van der Waals surface area contributed by atoms with E-state index >= 15 is 0 Å². The second kappa shape index (κ2) is 8.90. The molecule has 102 valence electrons. The van der Waals surface area contributed by atoms with Crippen LogP contribution in [0.25, 0.3) is 0 Å². The minimum atomic E-state index is 0.884. The molecule has 3 heteroatoms. The van der Waals surface area contributed by atoms with Crippen molar-refractivity contribution in [3.8, 4) is 0 Å².